The Balaban J connectivity index is 1.89. The van der Waals surface area contributed by atoms with Crippen LogP contribution in [0.2, 0.25) is 0 Å². The van der Waals surface area contributed by atoms with E-state index in [1.807, 2.05) is 0 Å². The average Bonchev–Trinajstić information content (AvgIpc) is 2.75. The molecular weight excluding hydrogens is 218 g/mol. The van der Waals surface area contributed by atoms with Gasteiger partial charge in [0.25, 0.3) is 0 Å². The summed E-state index contributed by atoms with van der Waals surface area (Å²) < 4.78 is 0. The predicted octanol–water partition coefficient (Wildman–Crippen LogP) is 4.62. The molecule has 0 aliphatic heterocycles. The molecule has 1 nitrogen and oxygen atoms in total. The highest BCUT2D eigenvalue weighted by Crippen LogP contribution is 2.74. The van der Waals surface area contributed by atoms with Crippen LogP contribution in [0.15, 0.2) is 0 Å². The fourth-order valence-corrected chi connectivity index (χ4v) is 4.75. The van der Waals surface area contributed by atoms with Crippen LogP contribution < -0.4 is 5.32 Å². The quantitative estimate of drug-likeness (QED) is 0.752. The fourth-order valence-electron chi connectivity index (χ4n) is 4.75. The second kappa shape index (κ2) is 5.15. The molecule has 0 heterocycles. The van der Waals surface area contributed by atoms with Crippen molar-refractivity contribution < 1.29 is 0 Å². The third-order valence-corrected chi connectivity index (χ3v) is 6.16. The Kier molecular flexibility index (Phi) is 4.11. The van der Waals surface area contributed by atoms with Crippen LogP contribution in [0.5, 0.6) is 0 Å². The molecule has 1 atom stereocenters. The van der Waals surface area contributed by atoms with Crippen LogP contribution in [0.1, 0.15) is 73.1 Å². The van der Waals surface area contributed by atoms with Crippen LogP contribution in [0.25, 0.3) is 0 Å². The van der Waals surface area contributed by atoms with Gasteiger partial charge in [-0.2, -0.15) is 0 Å². The molecule has 1 unspecified atom stereocenters. The first-order valence-corrected chi connectivity index (χ1v) is 8.17. The van der Waals surface area contributed by atoms with Crippen LogP contribution in [-0.4, -0.2) is 12.6 Å². The zero-order chi connectivity index (χ0) is 13.4. The predicted molar refractivity (Wildman–Crippen MR) is 79.7 cm³/mol. The normalized spacial score (nSPS) is 38.3. The lowest BCUT2D eigenvalue weighted by Gasteiger charge is -2.31. The molecule has 2 rings (SSSR count). The van der Waals surface area contributed by atoms with E-state index in [2.05, 4.69) is 39.9 Å². The zero-order valence-corrected chi connectivity index (χ0v) is 13.2. The molecule has 1 spiro atoms. The Morgan fingerprint density at radius 1 is 1.17 bits per heavy atom. The van der Waals surface area contributed by atoms with Crippen molar-refractivity contribution in [3.63, 3.8) is 0 Å². The third-order valence-electron chi connectivity index (χ3n) is 6.16. The Bertz CT molecular complexity index is 271. The Morgan fingerprint density at radius 2 is 1.78 bits per heavy atom. The van der Waals surface area contributed by atoms with Crippen molar-refractivity contribution >= 4 is 0 Å². The lowest BCUT2D eigenvalue weighted by molar-refractivity contribution is 0.200. The summed E-state index contributed by atoms with van der Waals surface area (Å²) >= 11 is 0. The van der Waals surface area contributed by atoms with E-state index in [1.165, 1.54) is 45.1 Å². The first-order chi connectivity index (χ1) is 8.44. The second-order valence-corrected chi connectivity index (χ2v) is 7.73. The number of hydrogen-bond acceptors (Lipinski definition) is 1. The standard InChI is InChI=1S/C17H33N/c1-6-7-14-8-10-17(11-9-14)15(16(17,4)5)12-18-13(2)3/h13-15,18H,6-12H2,1-5H3. The molecule has 0 radical (unpaired) electrons. The lowest BCUT2D eigenvalue weighted by atomic mass is 9.74. The number of hydrogen-bond donors (Lipinski definition) is 1. The van der Waals surface area contributed by atoms with Crippen LogP contribution in [-0.2, 0) is 0 Å². The summed E-state index contributed by atoms with van der Waals surface area (Å²) in [7, 11) is 0. The molecule has 0 aromatic heterocycles. The molecule has 1 heteroatoms. The van der Waals surface area contributed by atoms with Gasteiger partial charge in [0.2, 0.25) is 0 Å². The van der Waals surface area contributed by atoms with Crippen molar-refractivity contribution in [3.8, 4) is 0 Å². The topological polar surface area (TPSA) is 12.0 Å². The summed E-state index contributed by atoms with van der Waals surface area (Å²) in [6.45, 7) is 13.1. The molecule has 2 saturated carbocycles. The van der Waals surface area contributed by atoms with Gasteiger partial charge < -0.3 is 5.32 Å². The molecule has 0 amide bonds. The Hall–Kier alpha value is -0.0400. The van der Waals surface area contributed by atoms with Gasteiger partial charge in [-0.3, -0.25) is 0 Å². The number of nitrogens with one attached hydrogen (secondary N) is 1. The van der Waals surface area contributed by atoms with Crippen molar-refractivity contribution in [3.05, 3.63) is 0 Å². The zero-order valence-electron chi connectivity index (χ0n) is 13.2. The molecule has 2 fully saturated rings. The maximum Gasteiger partial charge on any atom is 0.00105 e. The Morgan fingerprint density at radius 3 is 2.28 bits per heavy atom. The summed E-state index contributed by atoms with van der Waals surface area (Å²) in [6, 6.07) is 0.634. The highest BCUT2D eigenvalue weighted by atomic mass is 14.9. The molecule has 0 aromatic rings. The van der Waals surface area contributed by atoms with Gasteiger partial charge in [0.1, 0.15) is 0 Å². The van der Waals surface area contributed by atoms with Crippen molar-refractivity contribution in [2.45, 2.75) is 79.2 Å². The monoisotopic (exact) mass is 251 g/mol. The first kappa shape index (κ1) is 14.4. The minimum Gasteiger partial charge on any atom is -0.314 e. The highest BCUT2D eigenvalue weighted by molar-refractivity contribution is 5.18. The van der Waals surface area contributed by atoms with Crippen molar-refractivity contribution in [1.29, 1.82) is 0 Å². The van der Waals surface area contributed by atoms with Gasteiger partial charge in [0.05, 0.1) is 0 Å². The third kappa shape index (κ3) is 2.35. The molecule has 0 saturated heterocycles. The van der Waals surface area contributed by atoms with Gasteiger partial charge in [-0.1, -0.05) is 47.5 Å². The van der Waals surface area contributed by atoms with Crippen LogP contribution in [0.3, 0.4) is 0 Å². The first-order valence-electron chi connectivity index (χ1n) is 8.17. The van der Waals surface area contributed by atoms with E-state index in [9.17, 15) is 0 Å². The van der Waals surface area contributed by atoms with Gasteiger partial charge in [0, 0.05) is 6.04 Å². The van der Waals surface area contributed by atoms with Gasteiger partial charge >= 0.3 is 0 Å². The van der Waals surface area contributed by atoms with Gasteiger partial charge in [-0.05, 0) is 54.9 Å². The number of rotatable bonds is 5. The minimum absolute atomic E-state index is 0.589. The van der Waals surface area contributed by atoms with Gasteiger partial charge in [-0.25, -0.2) is 0 Å². The van der Waals surface area contributed by atoms with Crippen LogP contribution in [0.4, 0.5) is 0 Å². The second-order valence-electron chi connectivity index (χ2n) is 7.73. The SMILES string of the molecule is CCCC1CCC2(CC1)C(CNC(C)C)C2(C)C. The summed E-state index contributed by atoms with van der Waals surface area (Å²) in [4.78, 5) is 0. The molecular formula is C17H33N. The maximum atomic E-state index is 3.67. The molecule has 106 valence electrons. The van der Waals surface area contributed by atoms with Crippen molar-refractivity contribution in [2.24, 2.45) is 22.7 Å². The smallest absolute Gasteiger partial charge is 0.00105 e. The minimum atomic E-state index is 0.589. The van der Waals surface area contributed by atoms with E-state index in [4.69, 9.17) is 0 Å². The van der Waals surface area contributed by atoms with Crippen LogP contribution in [0, 0.1) is 22.7 Å². The largest absolute Gasteiger partial charge is 0.314 e. The molecule has 2 aliphatic rings. The summed E-state index contributed by atoms with van der Waals surface area (Å²) in [5, 5.41) is 3.67. The Labute approximate surface area is 114 Å². The van der Waals surface area contributed by atoms with Crippen molar-refractivity contribution in [2.75, 3.05) is 6.54 Å². The van der Waals surface area contributed by atoms with E-state index in [1.54, 1.807) is 0 Å². The highest BCUT2D eigenvalue weighted by Gasteiger charge is 2.69. The maximum absolute atomic E-state index is 3.67. The molecule has 1 N–H and O–H groups in total. The summed E-state index contributed by atoms with van der Waals surface area (Å²) in [5.74, 6) is 1.96. The van der Waals surface area contributed by atoms with Crippen LogP contribution >= 0.6 is 0 Å². The lowest BCUT2D eigenvalue weighted by Crippen LogP contribution is -2.27. The van der Waals surface area contributed by atoms with Gasteiger partial charge in [0.15, 0.2) is 0 Å². The molecule has 2 aliphatic carbocycles. The summed E-state index contributed by atoms with van der Waals surface area (Å²) in [6.07, 6.45) is 8.82. The van der Waals surface area contributed by atoms with E-state index in [0.717, 1.165) is 11.8 Å². The van der Waals surface area contributed by atoms with E-state index < -0.39 is 0 Å². The summed E-state index contributed by atoms with van der Waals surface area (Å²) in [5.41, 5.74) is 1.28. The molecule has 18 heavy (non-hydrogen) atoms. The van der Waals surface area contributed by atoms with Gasteiger partial charge in [-0.15, -0.1) is 0 Å². The molecule has 0 bridgehead atoms. The van der Waals surface area contributed by atoms with Crippen molar-refractivity contribution in [1.82, 2.24) is 5.32 Å². The van der Waals surface area contributed by atoms with E-state index in [-0.39, 0.29) is 0 Å². The molecule has 0 aromatic carbocycles. The van der Waals surface area contributed by atoms with E-state index >= 15 is 0 Å². The average molecular weight is 251 g/mol. The fraction of sp³-hybridized carbons (Fsp3) is 1.00. The van der Waals surface area contributed by atoms with E-state index in [0.29, 0.717) is 16.9 Å².